The Morgan fingerprint density at radius 1 is 0.393 bits per heavy atom. The first-order valence-electron chi connectivity index (χ1n) is 19.0. The number of rotatable bonds is 5. The molecule has 0 saturated heterocycles. The fourth-order valence-corrected chi connectivity index (χ4v) is 8.91. The zero-order chi connectivity index (χ0) is 36.7. The van der Waals surface area contributed by atoms with E-state index in [1.807, 2.05) is 24.3 Å². The highest BCUT2D eigenvalue weighted by atomic mass is 16.3. The summed E-state index contributed by atoms with van der Waals surface area (Å²) in [4.78, 5) is 2.35. The number of furan rings is 2. The van der Waals surface area contributed by atoms with E-state index in [2.05, 4.69) is 179 Å². The Hall–Kier alpha value is -7.56. The van der Waals surface area contributed by atoms with Gasteiger partial charge in [-0.05, 0) is 77.7 Å². The van der Waals surface area contributed by atoms with Crippen molar-refractivity contribution >= 4 is 93.5 Å². The maximum atomic E-state index is 6.40. The number of fused-ring (bicyclic) bond motifs is 11. The molecular formula is C52H32N2O2. The van der Waals surface area contributed by atoms with Crippen LogP contribution in [0.2, 0.25) is 0 Å². The van der Waals surface area contributed by atoms with Crippen LogP contribution in [-0.2, 0) is 0 Å². The van der Waals surface area contributed by atoms with E-state index in [0.717, 1.165) is 77.8 Å². The summed E-state index contributed by atoms with van der Waals surface area (Å²) in [5, 5.41) is 9.31. The molecule has 9 aromatic carbocycles. The Balaban J connectivity index is 1.06. The summed E-state index contributed by atoms with van der Waals surface area (Å²) < 4.78 is 15.1. The van der Waals surface area contributed by atoms with Crippen molar-refractivity contribution in [3.63, 3.8) is 0 Å². The van der Waals surface area contributed by atoms with E-state index in [0.29, 0.717) is 0 Å². The van der Waals surface area contributed by atoms with Crippen molar-refractivity contribution < 1.29 is 8.83 Å². The lowest BCUT2D eigenvalue weighted by molar-refractivity contribution is 0.668. The van der Waals surface area contributed by atoms with E-state index in [1.165, 1.54) is 32.6 Å². The number of aromatic nitrogens is 1. The Morgan fingerprint density at radius 3 is 1.91 bits per heavy atom. The van der Waals surface area contributed by atoms with Crippen LogP contribution < -0.4 is 4.90 Å². The third-order valence-electron chi connectivity index (χ3n) is 11.4. The lowest BCUT2D eigenvalue weighted by Gasteiger charge is -2.26. The molecule has 0 aliphatic heterocycles. The molecule has 3 heterocycles. The van der Waals surface area contributed by atoms with Crippen LogP contribution in [-0.4, -0.2) is 4.57 Å². The van der Waals surface area contributed by atoms with Crippen LogP contribution in [0.15, 0.2) is 203 Å². The van der Waals surface area contributed by atoms with Crippen LogP contribution in [0, 0.1) is 0 Å². The third-order valence-corrected chi connectivity index (χ3v) is 11.4. The Kier molecular flexibility index (Phi) is 6.60. The molecule has 0 bridgehead atoms. The highest BCUT2D eigenvalue weighted by molar-refractivity contribution is 6.19. The minimum absolute atomic E-state index is 0.854. The lowest BCUT2D eigenvalue weighted by atomic mass is 10.0. The van der Waals surface area contributed by atoms with Gasteiger partial charge >= 0.3 is 0 Å². The van der Waals surface area contributed by atoms with Gasteiger partial charge in [0.05, 0.1) is 27.8 Å². The minimum atomic E-state index is 0.854. The molecule has 0 N–H and O–H groups in total. The predicted octanol–water partition coefficient (Wildman–Crippen LogP) is 14.9. The Labute approximate surface area is 321 Å². The van der Waals surface area contributed by atoms with Crippen LogP contribution in [0.25, 0.3) is 93.3 Å². The summed E-state index contributed by atoms with van der Waals surface area (Å²) in [6, 6.07) is 69.1. The van der Waals surface area contributed by atoms with Crippen molar-refractivity contribution in [3.8, 4) is 16.8 Å². The van der Waals surface area contributed by atoms with Crippen LogP contribution in [0.4, 0.5) is 17.1 Å². The SMILES string of the molecule is c1ccc(-n2c3ccccc3c3ccc4ccccc4c32)c(-c2ccc(N(c3ccc4oc5ccccc5c4c3)c3cccc4oc5ccccc5c34)cc2)c1. The monoisotopic (exact) mass is 716 g/mol. The van der Waals surface area contributed by atoms with Gasteiger partial charge in [-0.1, -0.05) is 127 Å². The van der Waals surface area contributed by atoms with E-state index < -0.39 is 0 Å². The first-order valence-corrected chi connectivity index (χ1v) is 19.0. The second-order valence-electron chi connectivity index (χ2n) is 14.5. The van der Waals surface area contributed by atoms with E-state index >= 15 is 0 Å². The summed E-state index contributed by atoms with van der Waals surface area (Å²) in [7, 11) is 0. The van der Waals surface area contributed by atoms with Gasteiger partial charge in [-0.2, -0.15) is 0 Å². The molecule has 0 aliphatic rings. The molecule has 0 spiro atoms. The maximum absolute atomic E-state index is 6.40. The number of hydrogen-bond donors (Lipinski definition) is 0. The van der Waals surface area contributed by atoms with E-state index in [4.69, 9.17) is 8.83 Å². The van der Waals surface area contributed by atoms with E-state index in [1.54, 1.807) is 0 Å². The largest absolute Gasteiger partial charge is 0.456 e. The lowest BCUT2D eigenvalue weighted by Crippen LogP contribution is -2.10. The van der Waals surface area contributed by atoms with Gasteiger partial charge in [0, 0.05) is 49.3 Å². The molecule has 4 heteroatoms. The zero-order valence-electron chi connectivity index (χ0n) is 30.2. The first kappa shape index (κ1) is 30.9. The second-order valence-corrected chi connectivity index (χ2v) is 14.5. The van der Waals surface area contributed by atoms with E-state index in [-0.39, 0.29) is 0 Å². The van der Waals surface area contributed by atoms with Gasteiger partial charge in [-0.3, -0.25) is 0 Å². The Bertz CT molecular complexity index is 3490. The van der Waals surface area contributed by atoms with Crippen molar-refractivity contribution in [3.05, 3.63) is 194 Å². The fraction of sp³-hybridized carbons (Fsp3) is 0. The zero-order valence-corrected chi connectivity index (χ0v) is 30.2. The number of anilines is 3. The van der Waals surface area contributed by atoms with Gasteiger partial charge in [0.25, 0.3) is 0 Å². The highest BCUT2D eigenvalue weighted by Crippen LogP contribution is 2.45. The fourth-order valence-electron chi connectivity index (χ4n) is 8.91. The van der Waals surface area contributed by atoms with Crippen LogP contribution >= 0.6 is 0 Å². The highest BCUT2D eigenvalue weighted by Gasteiger charge is 2.22. The summed E-state index contributed by atoms with van der Waals surface area (Å²) in [6.45, 7) is 0. The average Bonchev–Trinajstić information content (AvgIpc) is 3.94. The molecule has 12 rings (SSSR count). The normalized spacial score (nSPS) is 11.9. The molecule has 0 aliphatic carbocycles. The van der Waals surface area contributed by atoms with Crippen molar-refractivity contribution in [2.24, 2.45) is 0 Å². The smallest absolute Gasteiger partial charge is 0.137 e. The number of hydrogen-bond acceptors (Lipinski definition) is 3. The number of benzene rings is 9. The van der Waals surface area contributed by atoms with Crippen LogP contribution in [0.3, 0.4) is 0 Å². The predicted molar refractivity (Wildman–Crippen MR) is 233 cm³/mol. The topological polar surface area (TPSA) is 34.5 Å². The van der Waals surface area contributed by atoms with Gasteiger partial charge in [0.1, 0.15) is 22.3 Å². The van der Waals surface area contributed by atoms with Gasteiger partial charge in [-0.25, -0.2) is 0 Å². The quantitative estimate of drug-likeness (QED) is 0.178. The van der Waals surface area contributed by atoms with Crippen LogP contribution in [0.5, 0.6) is 0 Å². The van der Waals surface area contributed by atoms with Gasteiger partial charge in [0.15, 0.2) is 0 Å². The molecule has 0 atom stereocenters. The minimum Gasteiger partial charge on any atom is -0.456 e. The molecule has 262 valence electrons. The first-order chi connectivity index (χ1) is 27.8. The molecule has 0 fully saturated rings. The summed E-state index contributed by atoms with van der Waals surface area (Å²) >= 11 is 0. The molecular weight excluding hydrogens is 685 g/mol. The molecule has 12 aromatic rings. The Morgan fingerprint density at radius 2 is 1.04 bits per heavy atom. The molecule has 3 aromatic heterocycles. The van der Waals surface area contributed by atoms with Crippen molar-refractivity contribution in [1.29, 1.82) is 0 Å². The van der Waals surface area contributed by atoms with Crippen molar-refractivity contribution in [1.82, 2.24) is 4.57 Å². The second kappa shape index (κ2) is 12.0. The van der Waals surface area contributed by atoms with Gasteiger partial charge in [-0.15, -0.1) is 0 Å². The molecule has 56 heavy (non-hydrogen) atoms. The number of para-hydroxylation sites is 4. The molecule has 0 amide bonds. The summed E-state index contributed by atoms with van der Waals surface area (Å²) in [5.41, 5.74) is 12.5. The molecule has 0 unspecified atom stereocenters. The summed E-state index contributed by atoms with van der Waals surface area (Å²) in [6.07, 6.45) is 0. The third kappa shape index (κ3) is 4.53. The molecule has 0 saturated carbocycles. The molecule has 0 radical (unpaired) electrons. The summed E-state index contributed by atoms with van der Waals surface area (Å²) in [5.74, 6) is 0. The van der Waals surface area contributed by atoms with Gasteiger partial charge in [0.2, 0.25) is 0 Å². The molecule has 4 nitrogen and oxygen atoms in total. The number of nitrogens with zero attached hydrogens (tertiary/aromatic N) is 2. The maximum Gasteiger partial charge on any atom is 0.137 e. The van der Waals surface area contributed by atoms with Crippen molar-refractivity contribution in [2.75, 3.05) is 4.90 Å². The standard InChI is InChI=1S/C52H32N2O2/c1-2-14-38-33(12-1)26-30-41-39-15-4-8-19-45(39)54(52(38)41)44-18-7-3-13-37(44)34-24-27-35(28-25-34)53(36-29-31-49-43(32-36)40-16-5-9-21-47(40)55-49)46-20-11-23-50-51(46)42-17-6-10-22-48(42)56-50/h1-32H. The van der Waals surface area contributed by atoms with Crippen LogP contribution in [0.1, 0.15) is 0 Å². The van der Waals surface area contributed by atoms with Crippen molar-refractivity contribution in [2.45, 2.75) is 0 Å². The average molecular weight is 717 g/mol. The van der Waals surface area contributed by atoms with E-state index in [9.17, 15) is 0 Å². The van der Waals surface area contributed by atoms with Gasteiger partial charge < -0.3 is 18.3 Å².